The van der Waals surface area contributed by atoms with E-state index in [0.717, 1.165) is 11.1 Å². The van der Waals surface area contributed by atoms with E-state index < -0.39 is 11.9 Å². The van der Waals surface area contributed by atoms with Gasteiger partial charge in [-0.2, -0.15) is 0 Å². The van der Waals surface area contributed by atoms with Crippen LogP contribution in [0.4, 0.5) is 5.82 Å². The predicted octanol–water partition coefficient (Wildman–Crippen LogP) is 0.487. The molecule has 1 saturated heterocycles. The van der Waals surface area contributed by atoms with Crippen molar-refractivity contribution in [3.05, 3.63) is 41.7 Å². The Morgan fingerprint density at radius 3 is 2.72 bits per heavy atom. The zero-order chi connectivity index (χ0) is 17.6. The van der Waals surface area contributed by atoms with Gasteiger partial charge in [-0.3, -0.25) is 24.7 Å². The van der Waals surface area contributed by atoms with E-state index in [9.17, 15) is 14.4 Å². The number of amides is 3. The van der Waals surface area contributed by atoms with Crippen molar-refractivity contribution in [1.29, 1.82) is 0 Å². The van der Waals surface area contributed by atoms with E-state index in [1.165, 1.54) is 11.1 Å². The molecule has 1 atom stereocenters. The van der Waals surface area contributed by atoms with Crippen LogP contribution in [-0.2, 0) is 16.1 Å². The largest absolute Gasteiger partial charge is 0.382 e. The third-order valence-electron chi connectivity index (χ3n) is 4.49. The zero-order valence-electron chi connectivity index (χ0n) is 13.2. The summed E-state index contributed by atoms with van der Waals surface area (Å²) in [7, 11) is 0. The number of piperidine rings is 1. The topological polar surface area (TPSA) is 118 Å². The van der Waals surface area contributed by atoms with Crippen LogP contribution in [0.1, 0.15) is 28.8 Å². The monoisotopic (exact) mass is 337 g/mol. The molecule has 1 aromatic carbocycles. The highest BCUT2D eigenvalue weighted by Gasteiger charge is 2.39. The lowest BCUT2D eigenvalue weighted by Gasteiger charge is -2.29. The average Bonchev–Trinajstić information content (AvgIpc) is 2.92. The number of fused-ring (bicyclic) bond motifs is 1. The maximum Gasteiger partial charge on any atom is 0.255 e. The van der Waals surface area contributed by atoms with Crippen LogP contribution in [0.25, 0.3) is 11.3 Å². The number of carbonyl (C=O) groups excluding carboxylic acids is 3. The van der Waals surface area contributed by atoms with Crippen molar-refractivity contribution in [2.24, 2.45) is 0 Å². The van der Waals surface area contributed by atoms with Gasteiger partial charge in [0.2, 0.25) is 11.8 Å². The van der Waals surface area contributed by atoms with Gasteiger partial charge in [0.25, 0.3) is 5.91 Å². The second kappa shape index (κ2) is 5.66. The molecule has 8 nitrogen and oxygen atoms in total. The number of anilines is 1. The maximum atomic E-state index is 12.6. The number of benzene rings is 1. The molecule has 3 heterocycles. The minimum atomic E-state index is -0.614. The normalized spacial score (nSPS) is 19.8. The summed E-state index contributed by atoms with van der Waals surface area (Å²) in [5, 5.41) is 2.29. The SMILES string of the molecule is Nc1cnc(-c2ccc3c(c2)CN(C2CCC(=O)NC2=O)C3=O)cn1. The van der Waals surface area contributed by atoms with Gasteiger partial charge in [0.05, 0.1) is 18.1 Å². The van der Waals surface area contributed by atoms with E-state index in [4.69, 9.17) is 5.73 Å². The van der Waals surface area contributed by atoms with Crippen molar-refractivity contribution in [3.8, 4) is 11.3 Å². The van der Waals surface area contributed by atoms with Crippen molar-refractivity contribution >= 4 is 23.5 Å². The highest BCUT2D eigenvalue weighted by atomic mass is 16.2. The molecule has 1 unspecified atom stereocenters. The highest BCUT2D eigenvalue weighted by Crippen LogP contribution is 2.30. The Balaban J connectivity index is 1.62. The summed E-state index contributed by atoms with van der Waals surface area (Å²) in [6.45, 7) is 0.330. The maximum absolute atomic E-state index is 12.6. The minimum absolute atomic E-state index is 0.195. The Morgan fingerprint density at radius 2 is 2.00 bits per heavy atom. The van der Waals surface area contributed by atoms with Crippen molar-refractivity contribution in [3.63, 3.8) is 0 Å². The molecule has 1 fully saturated rings. The first kappa shape index (κ1) is 15.3. The first-order chi connectivity index (χ1) is 12.0. The molecule has 0 bridgehead atoms. The van der Waals surface area contributed by atoms with E-state index in [1.807, 2.05) is 6.07 Å². The molecule has 0 radical (unpaired) electrons. The van der Waals surface area contributed by atoms with E-state index in [-0.39, 0.29) is 18.2 Å². The average molecular weight is 337 g/mol. The molecular formula is C17H15N5O3. The van der Waals surface area contributed by atoms with E-state index >= 15 is 0 Å². The lowest BCUT2D eigenvalue weighted by molar-refractivity contribution is -0.136. The first-order valence-electron chi connectivity index (χ1n) is 7.88. The Labute approximate surface area is 143 Å². The van der Waals surface area contributed by atoms with Gasteiger partial charge in [-0.1, -0.05) is 6.07 Å². The van der Waals surface area contributed by atoms with Gasteiger partial charge in [-0.05, 0) is 24.1 Å². The lowest BCUT2D eigenvalue weighted by Crippen LogP contribution is -2.52. The van der Waals surface area contributed by atoms with Crippen LogP contribution in [0, 0.1) is 0 Å². The number of imide groups is 1. The molecule has 2 aliphatic rings. The molecular weight excluding hydrogens is 322 g/mol. The number of nitrogen functional groups attached to an aromatic ring is 1. The number of nitrogens with two attached hydrogens (primary N) is 1. The van der Waals surface area contributed by atoms with Crippen molar-refractivity contribution in [1.82, 2.24) is 20.2 Å². The Morgan fingerprint density at radius 1 is 1.16 bits per heavy atom. The predicted molar refractivity (Wildman–Crippen MR) is 87.9 cm³/mol. The molecule has 25 heavy (non-hydrogen) atoms. The van der Waals surface area contributed by atoms with Crippen molar-refractivity contribution < 1.29 is 14.4 Å². The van der Waals surface area contributed by atoms with E-state index in [0.29, 0.717) is 30.0 Å². The summed E-state index contributed by atoms with van der Waals surface area (Å²) in [5.74, 6) is -0.569. The third-order valence-corrected chi connectivity index (χ3v) is 4.49. The van der Waals surface area contributed by atoms with Gasteiger partial charge in [-0.25, -0.2) is 4.98 Å². The van der Waals surface area contributed by atoms with Crippen LogP contribution in [0.15, 0.2) is 30.6 Å². The summed E-state index contributed by atoms with van der Waals surface area (Å²) >= 11 is 0. The smallest absolute Gasteiger partial charge is 0.255 e. The van der Waals surface area contributed by atoms with E-state index in [2.05, 4.69) is 15.3 Å². The minimum Gasteiger partial charge on any atom is -0.382 e. The van der Waals surface area contributed by atoms with Crippen LogP contribution >= 0.6 is 0 Å². The van der Waals surface area contributed by atoms with E-state index in [1.54, 1.807) is 18.3 Å². The molecule has 0 aliphatic carbocycles. The number of nitrogens with one attached hydrogen (secondary N) is 1. The fourth-order valence-electron chi connectivity index (χ4n) is 3.22. The molecule has 3 amide bonds. The fourth-order valence-corrected chi connectivity index (χ4v) is 3.22. The Bertz CT molecular complexity index is 894. The molecule has 8 heteroatoms. The summed E-state index contributed by atoms with van der Waals surface area (Å²) in [4.78, 5) is 45.8. The van der Waals surface area contributed by atoms with Crippen LogP contribution < -0.4 is 11.1 Å². The van der Waals surface area contributed by atoms with Gasteiger partial charge >= 0.3 is 0 Å². The molecule has 2 aliphatic heterocycles. The number of carbonyl (C=O) groups is 3. The van der Waals surface area contributed by atoms with Crippen LogP contribution in [0.3, 0.4) is 0 Å². The first-order valence-corrected chi connectivity index (χ1v) is 7.88. The van der Waals surface area contributed by atoms with Gasteiger partial charge in [0, 0.05) is 24.1 Å². The molecule has 0 saturated carbocycles. The second-order valence-corrected chi connectivity index (χ2v) is 6.10. The number of aromatic nitrogens is 2. The third kappa shape index (κ3) is 2.61. The quantitative estimate of drug-likeness (QED) is 0.770. The number of nitrogens with zero attached hydrogens (tertiary/aromatic N) is 3. The van der Waals surface area contributed by atoms with Crippen LogP contribution in [0.5, 0.6) is 0 Å². The summed E-state index contributed by atoms with van der Waals surface area (Å²) in [6, 6.07) is 4.79. The summed E-state index contributed by atoms with van der Waals surface area (Å²) < 4.78 is 0. The number of rotatable bonds is 2. The molecule has 3 N–H and O–H groups in total. The van der Waals surface area contributed by atoms with Gasteiger partial charge in [-0.15, -0.1) is 0 Å². The molecule has 126 valence electrons. The number of hydrogen-bond acceptors (Lipinski definition) is 6. The molecule has 1 aromatic heterocycles. The zero-order valence-corrected chi connectivity index (χ0v) is 13.2. The van der Waals surface area contributed by atoms with Crippen LogP contribution in [0.2, 0.25) is 0 Å². The van der Waals surface area contributed by atoms with Gasteiger partial charge < -0.3 is 10.6 Å². The molecule has 2 aromatic rings. The lowest BCUT2D eigenvalue weighted by atomic mass is 10.0. The van der Waals surface area contributed by atoms with Crippen molar-refractivity contribution in [2.75, 3.05) is 5.73 Å². The highest BCUT2D eigenvalue weighted by molar-refractivity contribution is 6.05. The van der Waals surface area contributed by atoms with Gasteiger partial charge in [0.1, 0.15) is 11.9 Å². The number of hydrogen-bond donors (Lipinski definition) is 2. The Hall–Kier alpha value is -3.29. The summed E-state index contributed by atoms with van der Waals surface area (Å²) in [5.41, 5.74) is 8.42. The summed E-state index contributed by atoms with van der Waals surface area (Å²) in [6.07, 6.45) is 3.64. The van der Waals surface area contributed by atoms with Gasteiger partial charge in [0.15, 0.2) is 0 Å². The fraction of sp³-hybridized carbons (Fsp3) is 0.235. The molecule has 0 spiro atoms. The second-order valence-electron chi connectivity index (χ2n) is 6.10. The molecule has 4 rings (SSSR count). The van der Waals surface area contributed by atoms with Crippen LogP contribution in [-0.4, -0.2) is 38.6 Å². The van der Waals surface area contributed by atoms with Crippen molar-refractivity contribution in [2.45, 2.75) is 25.4 Å². The Kier molecular flexibility index (Phi) is 3.45. The standard InChI is InChI=1S/C17H15N5O3/c18-14-7-19-12(6-20-14)9-1-2-11-10(5-9)8-22(17(11)25)13-3-4-15(23)21-16(13)24/h1-2,5-7,13H,3-4,8H2,(H2,18,20)(H,21,23,24).